The predicted octanol–water partition coefficient (Wildman–Crippen LogP) is 1.40. The fraction of sp³-hybridized carbons (Fsp3) is 0.667. The molecule has 1 amide bonds. The van der Waals surface area contributed by atoms with E-state index in [-0.39, 0.29) is 12.5 Å². The maximum absolute atomic E-state index is 11.7. The summed E-state index contributed by atoms with van der Waals surface area (Å²) >= 11 is 1.72. The van der Waals surface area contributed by atoms with Gasteiger partial charge in [-0.3, -0.25) is 4.79 Å². The van der Waals surface area contributed by atoms with Crippen molar-refractivity contribution in [3.63, 3.8) is 0 Å². The van der Waals surface area contributed by atoms with Gasteiger partial charge in [-0.25, -0.2) is 0 Å². The van der Waals surface area contributed by atoms with Crippen molar-refractivity contribution < 1.29 is 14.4 Å². The fourth-order valence-electron chi connectivity index (χ4n) is 1.55. The molecule has 0 unspecified atom stereocenters. The molecule has 0 atom stereocenters. The molecule has 0 saturated heterocycles. The molecular weight excluding hydrogens is 252 g/mol. The van der Waals surface area contributed by atoms with E-state index in [0.29, 0.717) is 18.2 Å². The van der Waals surface area contributed by atoms with Crippen molar-refractivity contribution in [1.82, 2.24) is 10.5 Å². The van der Waals surface area contributed by atoms with Crippen LogP contribution in [0, 0.1) is 0 Å². The number of aromatic nitrogens is 1. The third kappa shape index (κ3) is 4.03. The minimum absolute atomic E-state index is 0.173. The number of carbonyl (C=O) groups excluding carboxylic acids is 1. The summed E-state index contributed by atoms with van der Waals surface area (Å²) in [6, 6.07) is 1.74. The molecule has 0 aromatic carbocycles. The third-order valence-electron chi connectivity index (χ3n) is 2.72. The van der Waals surface area contributed by atoms with Crippen LogP contribution in [0.15, 0.2) is 10.6 Å². The van der Waals surface area contributed by atoms with E-state index in [1.807, 2.05) is 0 Å². The lowest BCUT2D eigenvalue weighted by molar-refractivity contribution is 0.0947. The number of carbonyl (C=O) groups is 1. The zero-order valence-electron chi connectivity index (χ0n) is 10.2. The van der Waals surface area contributed by atoms with E-state index >= 15 is 0 Å². The first kappa shape index (κ1) is 13.4. The van der Waals surface area contributed by atoms with Crippen molar-refractivity contribution in [2.45, 2.75) is 25.2 Å². The molecule has 1 heterocycles. The van der Waals surface area contributed by atoms with E-state index in [2.05, 4.69) is 10.5 Å². The molecule has 18 heavy (non-hydrogen) atoms. The molecule has 100 valence electrons. The van der Waals surface area contributed by atoms with Gasteiger partial charge < -0.3 is 14.9 Å². The molecule has 5 nitrogen and oxygen atoms in total. The van der Waals surface area contributed by atoms with Crippen molar-refractivity contribution >= 4 is 17.7 Å². The summed E-state index contributed by atoms with van der Waals surface area (Å²) in [7, 11) is 0. The first-order valence-corrected chi connectivity index (χ1v) is 7.40. The number of nitrogens with zero attached hydrogens (tertiary/aromatic N) is 1. The lowest BCUT2D eigenvalue weighted by Gasteiger charge is -2.02. The first-order chi connectivity index (χ1) is 8.81. The number of hydrogen-bond acceptors (Lipinski definition) is 5. The molecule has 0 spiro atoms. The van der Waals surface area contributed by atoms with Crippen molar-refractivity contribution in [3.8, 4) is 0 Å². The number of nitrogens with one attached hydrogen (secondary N) is 1. The number of aliphatic hydroxyl groups is 1. The van der Waals surface area contributed by atoms with Crippen molar-refractivity contribution in [3.05, 3.63) is 17.5 Å². The van der Waals surface area contributed by atoms with Crippen LogP contribution >= 0.6 is 11.8 Å². The molecule has 1 aromatic heterocycles. The number of rotatable bonds is 8. The normalized spacial score (nSPS) is 14.7. The molecule has 1 aliphatic rings. The Bertz CT molecular complexity index is 390. The molecule has 0 radical (unpaired) electrons. The van der Waals surface area contributed by atoms with Crippen molar-refractivity contribution in [2.75, 3.05) is 24.7 Å². The third-order valence-corrected chi connectivity index (χ3v) is 3.79. The maximum Gasteiger partial charge on any atom is 0.273 e. The van der Waals surface area contributed by atoms with Gasteiger partial charge >= 0.3 is 0 Å². The van der Waals surface area contributed by atoms with Crippen LogP contribution in [-0.4, -0.2) is 40.8 Å². The molecule has 1 aromatic rings. The number of hydrogen-bond donors (Lipinski definition) is 2. The molecule has 1 saturated carbocycles. The Morgan fingerprint density at radius 2 is 2.39 bits per heavy atom. The maximum atomic E-state index is 11.7. The molecular formula is C12H18N2O3S. The number of aliphatic hydroxyl groups excluding tert-OH is 1. The SMILES string of the molecule is O=C(NCCSCCCO)c1cc(C2CC2)on1. The van der Waals surface area contributed by atoms with Gasteiger partial charge in [0, 0.05) is 30.9 Å². The zero-order valence-corrected chi connectivity index (χ0v) is 11.0. The van der Waals surface area contributed by atoms with Crippen LogP contribution in [0.4, 0.5) is 0 Å². The van der Waals surface area contributed by atoms with Gasteiger partial charge in [-0.15, -0.1) is 0 Å². The Morgan fingerprint density at radius 3 is 3.11 bits per heavy atom. The Labute approximate surface area is 110 Å². The Kier molecular flexibility index (Phi) is 5.07. The van der Waals surface area contributed by atoms with Gasteiger partial charge in [0.1, 0.15) is 5.76 Å². The molecule has 1 fully saturated rings. The van der Waals surface area contributed by atoms with Gasteiger partial charge in [0.15, 0.2) is 5.69 Å². The Balaban J connectivity index is 1.64. The van der Waals surface area contributed by atoms with Crippen LogP contribution in [0.25, 0.3) is 0 Å². The second-order valence-electron chi connectivity index (χ2n) is 4.33. The van der Waals surface area contributed by atoms with E-state index in [0.717, 1.165) is 36.5 Å². The van der Waals surface area contributed by atoms with Crippen LogP contribution in [0.2, 0.25) is 0 Å². The average molecular weight is 270 g/mol. The predicted molar refractivity (Wildman–Crippen MR) is 69.8 cm³/mol. The molecule has 6 heteroatoms. The smallest absolute Gasteiger partial charge is 0.273 e. The number of amides is 1. The average Bonchev–Trinajstić information content (AvgIpc) is 3.11. The van der Waals surface area contributed by atoms with Crippen molar-refractivity contribution in [2.24, 2.45) is 0 Å². The standard InChI is InChI=1S/C12H18N2O3S/c15-5-1-6-18-7-4-13-12(16)10-8-11(17-14-10)9-2-3-9/h8-9,15H,1-7H2,(H,13,16). The second kappa shape index (κ2) is 6.80. The zero-order chi connectivity index (χ0) is 12.8. The first-order valence-electron chi connectivity index (χ1n) is 6.24. The van der Waals surface area contributed by atoms with Gasteiger partial charge in [-0.05, 0) is 25.0 Å². The summed E-state index contributed by atoms with van der Waals surface area (Å²) in [5.74, 6) is 2.90. The van der Waals surface area contributed by atoms with Gasteiger partial charge in [0.25, 0.3) is 5.91 Å². The summed E-state index contributed by atoms with van der Waals surface area (Å²) in [4.78, 5) is 11.7. The highest BCUT2D eigenvalue weighted by Crippen LogP contribution is 2.40. The quantitative estimate of drug-likeness (QED) is 0.698. The second-order valence-corrected chi connectivity index (χ2v) is 5.56. The molecule has 1 aliphatic carbocycles. The minimum Gasteiger partial charge on any atom is -0.396 e. The lowest BCUT2D eigenvalue weighted by atomic mass is 10.3. The van der Waals surface area contributed by atoms with Gasteiger partial charge in [0.05, 0.1) is 0 Å². The van der Waals surface area contributed by atoms with Gasteiger partial charge in [-0.2, -0.15) is 11.8 Å². The van der Waals surface area contributed by atoms with Crippen LogP contribution < -0.4 is 5.32 Å². The summed E-state index contributed by atoms with van der Waals surface area (Å²) in [6.45, 7) is 0.836. The van der Waals surface area contributed by atoms with E-state index in [1.165, 1.54) is 0 Å². The summed E-state index contributed by atoms with van der Waals surface area (Å²) in [5.41, 5.74) is 0.372. The number of thioether (sulfide) groups is 1. The van der Waals surface area contributed by atoms with Gasteiger partial charge in [0.2, 0.25) is 0 Å². The minimum atomic E-state index is -0.173. The fourth-order valence-corrected chi connectivity index (χ4v) is 2.34. The van der Waals surface area contributed by atoms with E-state index in [9.17, 15) is 4.79 Å². The highest BCUT2D eigenvalue weighted by molar-refractivity contribution is 7.99. The van der Waals surface area contributed by atoms with E-state index < -0.39 is 0 Å². The topological polar surface area (TPSA) is 75.4 Å². The van der Waals surface area contributed by atoms with Crippen LogP contribution in [-0.2, 0) is 0 Å². The van der Waals surface area contributed by atoms with Crippen LogP contribution in [0.5, 0.6) is 0 Å². The Morgan fingerprint density at radius 1 is 1.56 bits per heavy atom. The van der Waals surface area contributed by atoms with Gasteiger partial charge in [-0.1, -0.05) is 5.16 Å². The largest absolute Gasteiger partial charge is 0.396 e. The monoisotopic (exact) mass is 270 g/mol. The molecule has 0 bridgehead atoms. The summed E-state index contributed by atoms with van der Waals surface area (Å²) in [5, 5.41) is 15.2. The van der Waals surface area contributed by atoms with Crippen LogP contribution in [0.1, 0.15) is 41.4 Å². The molecule has 0 aliphatic heterocycles. The lowest BCUT2D eigenvalue weighted by Crippen LogP contribution is -2.26. The highest BCUT2D eigenvalue weighted by atomic mass is 32.2. The Hall–Kier alpha value is -1.01. The van der Waals surface area contributed by atoms with Crippen LogP contribution in [0.3, 0.4) is 0 Å². The van der Waals surface area contributed by atoms with E-state index in [1.54, 1.807) is 17.8 Å². The van der Waals surface area contributed by atoms with E-state index in [4.69, 9.17) is 9.63 Å². The molecule has 2 rings (SSSR count). The highest BCUT2D eigenvalue weighted by Gasteiger charge is 2.28. The summed E-state index contributed by atoms with van der Waals surface area (Å²) < 4.78 is 5.13. The summed E-state index contributed by atoms with van der Waals surface area (Å²) in [6.07, 6.45) is 3.07. The van der Waals surface area contributed by atoms with Crippen molar-refractivity contribution in [1.29, 1.82) is 0 Å². The molecule has 2 N–H and O–H groups in total.